The normalized spacial score (nSPS) is 13.4. The number of benzene rings is 3. The number of hydrazine groups is 2. The molecule has 9 heteroatoms. The number of thiazole rings is 1. The summed E-state index contributed by atoms with van der Waals surface area (Å²) in [6, 6.07) is 22.3. The Morgan fingerprint density at radius 2 is 1.88 bits per heavy atom. The number of carbonyl (C=O) groups is 1. The first kappa shape index (κ1) is 20.6. The number of carbonyl (C=O) groups excluding carboxylic acids is 1. The van der Waals surface area contributed by atoms with Crippen molar-refractivity contribution in [3.05, 3.63) is 83.2 Å². The van der Waals surface area contributed by atoms with Crippen molar-refractivity contribution in [3.8, 4) is 0 Å². The van der Waals surface area contributed by atoms with Gasteiger partial charge in [-0.3, -0.25) is 10.2 Å². The van der Waals surface area contributed by atoms with Crippen LogP contribution in [0.5, 0.6) is 0 Å². The number of hydrazone groups is 1. The minimum Gasteiger partial charge on any atom is -0.326 e. The molecular weight excluding hydrogens is 464 g/mol. The zero-order valence-corrected chi connectivity index (χ0v) is 20.1. The van der Waals surface area contributed by atoms with Crippen molar-refractivity contribution in [2.45, 2.75) is 13.8 Å². The van der Waals surface area contributed by atoms with Crippen molar-refractivity contribution in [1.29, 1.82) is 0 Å². The number of aryl methyl sites for hydroxylation is 1. The van der Waals surface area contributed by atoms with Crippen molar-refractivity contribution < 1.29 is 4.79 Å². The third-order valence-corrected chi connectivity index (χ3v) is 7.45. The van der Waals surface area contributed by atoms with E-state index in [-0.39, 0.29) is 5.91 Å². The van der Waals surface area contributed by atoms with E-state index in [9.17, 15) is 4.79 Å². The molecule has 0 saturated carbocycles. The monoisotopic (exact) mass is 484 g/mol. The molecule has 0 fully saturated rings. The number of nitrogens with zero attached hydrogens (tertiary/aromatic N) is 4. The molecular formula is C25H20N6OS2. The molecule has 3 heterocycles. The lowest BCUT2D eigenvalue weighted by molar-refractivity contribution is -0.114. The third-order valence-electron chi connectivity index (χ3n) is 5.44. The summed E-state index contributed by atoms with van der Waals surface area (Å²) in [6.45, 7) is 3.57. The first-order valence-electron chi connectivity index (χ1n) is 10.7. The Morgan fingerprint density at radius 3 is 2.65 bits per heavy atom. The summed E-state index contributed by atoms with van der Waals surface area (Å²) in [4.78, 5) is 16.4. The fourth-order valence-corrected chi connectivity index (χ4v) is 5.66. The van der Waals surface area contributed by atoms with E-state index in [1.165, 1.54) is 17.9 Å². The van der Waals surface area contributed by atoms with E-state index in [0.29, 0.717) is 5.84 Å². The lowest BCUT2D eigenvalue weighted by atomic mass is 10.1. The van der Waals surface area contributed by atoms with Crippen LogP contribution in [0.25, 0.3) is 21.0 Å². The van der Waals surface area contributed by atoms with Gasteiger partial charge in [-0.25, -0.2) is 4.98 Å². The lowest BCUT2D eigenvalue weighted by Gasteiger charge is -2.23. The fraction of sp³-hybridized carbons (Fsp3) is 0.0800. The van der Waals surface area contributed by atoms with Crippen molar-refractivity contribution in [2.75, 3.05) is 15.6 Å². The molecule has 2 N–H and O–H groups in total. The molecule has 0 atom stereocenters. The second kappa shape index (κ2) is 8.12. The number of nitrogens with one attached hydrogen (secondary N) is 2. The molecule has 0 aliphatic carbocycles. The molecule has 34 heavy (non-hydrogen) atoms. The van der Waals surface area contributed by atoms with Crippen molar-refractivity contribution in [3.63, 3.8) is 0 Å². The molecule has 1 amide bonds. The highest BCUT2D eigenvalue weighted by Crippen LogP contribution is 2.37. The van der Waals surface area contributed by atoms with Crippen molar-refractivity contribution in [1.82, 2.24) is 10.4 Å². The van der Waals surface area contributed by atoms with Gasteiger partial charge in [0, 0.05) is 23.6 Å². The predicted octanol–water partition coefficient (Wildman–Crippen LogP) is 5.89. The number of fused-ring (bicyclic) bond motifs is 3. The Morgan fingerprint density at radius 1 is 1.06 bits per heavy atom. The molecule has 3 aromatic carbocycles. The molecule has 1 aliphatic heterocycles. The van der Waals surface area contributed by atoms with Crippen LogP contribution in [0.4, 0.5) is 15.8 Å². The van der Waals surface area contributed by atoms with Gasteiger partial charge >= 0.3 is 0 Å². The van der Waals surface area contributed by atoms with E-state index in [1.54, 1.807) is 22.7 Å². The Hall–Kier alpha value is -3.95. The summed E-state index contributed by atoms with van der Waals surface area (Å²) in [7, 11) is 0. The summed E-state index contributed by atoms with van der Waals surface area (Å²) in [5.74, 6) is 0.599. The van der Waals surface area contributed by atoms with Gasteiger partial charge in [0.15, 0.2) is 5.84 Å². The standard InChI is InChI=1S/C25H20N6OS2/c1-15-13-22(33-14-15)30-28-24(18-7-10-19(11-8-18)26-16(2)32)29-31(30)25-27-23-20-6-4-3-5-17(20)9-12-21(23)34-25/h3-14H,1-2H3,(H,26,32)(H,28,29). The second-order valence-electron chi connectivity index (χ2n) is 8.01. The van der Waals surface area contributed by atoms with Crippen LogP contribution < -0.4 is 21.0 Å². The first-order valence-corrected chi connectivity index (χ1v) is 12.4. The highest BCUT2D eigenvalue weighted by molar-refractivity contribution is 7.22. The molecule has 2 aromatic heterocycles. The number of aromatic nitrogens is 1. The third kappa shape index (κ3) is 3.64. The summed E-state index contributed by atoms with van der Waals surface area (Å²) in [6.07, 6.45) is 0. The number of anilines is 3. The van der Waals surface area contributed by atoms with Gasteiger partial charge in [0.2, 0.25) is 11.0 Å². The molecule has 0 spiro atoms. The van der Waals surface area contributed by atoms with Gasteiger partial charge < -0.3 is 5.32 Å². The first-order chi connectivity index (χ1) is 16.5. The SMILES string of the molecule is CC(=O)Nc1ccc(C2=NN(c3cc(C)cs3)N(c3nc4c(ccc5ccccc54)s3)N2)cc1. The molecule has 1 aliphatic rings. The second-order valence-corrected chi connectivity index (χ2v) is 9.91. The number of rotatable bonds is 4. The summed E-state index contributed by atoms with van der Waals surface area (Å²) < 4.78 is 1.12. The van der Waals surface area contributed by atoms with Gasteiger partial charge in [0.25, 0.3) is 0 Å². The average Bonchev–Trinajstić information content (AvgIpc) is 3.56. The predicted molar refractivity (Wildman–Crippen MR) is 142 cm³/mol. The number of amides is 1. The topological polar surface area (TPSA) is 72.9 Å². The molecule has 0 radical (unpaired) electrons. The molecule has 0 unspecified atom stereocenters. The molecule has 6 rings (SSSR count). The Kier molecular flexibility index (Phi) is 4.93. The van der Waals surface area contributed by atoms with E-state index in [0.717, 1.165) is 37.0 Å². The van der Waals surface area contributed by atoms with Crippen LogP contribution in [-0.2, 0) is 4.79 Å². The average molecular weight is 485 g/mol. The smallest absolute Gasteiger partial charge is 0.228 e. The van der Waals surface area contributed by atoms with Gasteiger partial charge in [-0.15, -0.1) is 26.7 Å². The van der Waals surface area contributed by atoms with Gasteiger partial charge in [0.05, 0.1) is 10.2 Å². The Bertz CT molecular complexity index is 1570. The van der Waals surface area contributed by atoms with Gasteiger partial charge in [-0.2, -0.15) is 0 Å². The molecule has 7 nitrogen and oxygen atoms in total. The maximum atomic E-state index is 11.3. The minimum absolute atomic E-state index is 0.0992. The molecule has 5 aromatic rings. The summed E-state index contributed by atoms with van der Waals surface area (Å²) in [5.41, 5.74) is 7.24. The highest BCUT2D eigenvalue weighted by Gasteiger charge is 2.30. The van der Waals surface area contributed by atoms with Crippen LogP contribution >= 0.6 is 22.7 Å². The van der Waals surface area contributed by atoms with Crippen LogP contribution in [0, 0.1) is 6.92 Å². The minimum atomic E-state index is -0.0992. The van der Waals surface area contributed by atoms with E-state index in [4.69, 9.17) is 10.1 Å². The van der Waals surface area contributed by atoms with Crippen LogP contribution in [0.2, 0.25) is 0 Å². The summed E-state index contributed by atoms with van der Waals surface area (Å²) in [5, 5.41) is 17.6. The van der Waals surface area contributed by atoms with Gasteiger partial charge in [-0.05, 0) is 59.7 Å². The number of hydrogen-bond donors (Lipinski definition) is 2. The quantitative estimate of drug-likeness (QED) is 0.333. The Balaban J connectivity index is 1.40. The van der Waals surface area contributed by atoms with Crippen molar-refractivity contribution in [2.24, 2.45) is 5.10 Å². The van der Waals surface area contributed by atoms with E-state index < -0.39 is 0 Å². The highest BCUT2D eigenvalue weighted by atomic mass is 32.1. The zero-order chi connectivity index (χ0) is 23.2. The van der Waals surface area contributed by atoms with E-state index >= 15 is 0 Å². The van der Waals surface area contributed by atoms with Gasteiger partial charge in [0.1, 0.15) is 5.00 Å². The van der Waals surface area contributed by atoms with Gasteiger partial charge in [-0.1, -0.05) is 41.7 Å². The van der Waals surface area contributed by atoms with E-state index in [1.807, 2.05) is 46.6 Å². The number of hydrogen-bond acceptors (Lipinski definition) is 8. The lowest BCUT2D eigenvalue weighted by Crippen LogP contribution is -2.44. The number of thiophene rings is 1. The maximum Gasteiger partial charge on any atom is 0.228 e. The Labute approximate surface area is 203 Å². The fourth-order valence-electron chi connectivity index (χ4n) is 3.88. The molecule has 0 bridgehead atoms. The van der Waals surface area contributed by atoms with Crippen LogP contribution in [0.3, 0.4) is 0 Å². The van der Waals surface area contributed by atoms with E-state index in [2.05, 4.69) is 53.4 Å². The largest absolute Gasteiger partial charge is 0.326 e. The summed E-state index contributed by atoms with van der Waals surface area (Å²) >= 11 is 3.24. The van der Waals surface area contributed by atoms with Crippen LogP contribution in [-0.4, -0.2) is 16.7 Å². The van der Waals surface area contributed by atoms with Crippen LogP contribution in [0.1, 0.15) is 18.1 Å². The molecule has 0 saturated heterocycles. The van der Waals surface area contributed by atoms with Crippen molar-refractivity contribution >= 4 is 71.2 Å². The number of amidine groups is 1. The maximum absolute atomic E-state index is 11.3. The van der Waals surface area contributed by atoms with Crippen LogP contribution in [0.15, 0.2) is 77.2 Å². The molecule has 168 valence electrons. The zero-order valence-electron chi connectivity index (χ0n) is 18.4.